The van der Waals surface area contributed by atoms with Gasteiger partial charge in [0.25, 0.3) is 0 Å². The van der Waals surface area contributed by atoms with Crippen LogP contribution in [0.5, 0.6) is 0 Å². The lowest BCUT2D eigenvalue weighted by atomic mass is 10.2. The molecule has 1 saturated heterocycles. The Morgan fingerprint density at radius 1 is 1.64 bits per heavy atom. The van der Waals surface area contributed by atoms with Crippen LogP contribution in [0.4, 0.5) is 0 Å². The second kappa shape index (κ2) is 4.75. The summed E-state index contributed by atoms with van der Waals surface area (Å²) in [6.45, 7) is 4.31. The van der Waals surface area contributed by atoms with Gasteiger partial charge in [-0.1, -0.05) is 12.2 Å². The smallest absolute Gasteiger partial charge is 0.0745 e. The maximum Gasteiger partial charge on any atom is 0.0745 e. The average molecular weight is 176 g/mol. The van der Waals surface area contributed by atoms with Crippen LogP contribution in [0.15, 0.2) is 12.2 Å². The van der Waals surface area contributed by atoms with Gasteiger partial charge in [0.05, 0.1) is 18.6 Å². The maximum absolute atomic E-state index is 5.95. The third-order valence-electron chi connectivity index (χ3n) is 1.74. The van der Waals surface area contributed by atoms with Gasteiger partial charge in [-0.3, -0.25) is 0 Å². The van der Waals surface area contributed by atoms with Crippen molar-refractivity contribution in [2.75, 3.05) is 19.8 Å². The number of ether oxygens (including phenoxy) is 1. The molecule has 0 aromatic carbocycles. The summed E-state index contributed by atoms with van der Waals surface area (Å²) in [6.07, 6.45) is 4.09. The Hall–Kier alpha value is -0.0500. The third-order valence-corrected chi connectivity index (χ3v) is 2.17. The molecule has 0 spiro atoms. The Morgan fingerprint density at radius 3 is 3.00 bits per heavy atom. The van der Waals surface area contributed by atoms with Gasteiger partial charge < -0.3 is 10.1 Å². The van der Waals surface area contributed by atoms with Gasteiger partial charge in [-0.05, 0) is 6.92 Å². The Labute approximate surface area is 72.6 Å². The Kier molecular flexibility index (Phi) is 3.91. The van der Waals surface area contributed by atoms with E-state index in [0.29, 0.717) is 12.6 Å². The summed E-state index contributed by atoms with van der Waals surface area (Å²) in [5, 5.41) is 3.43. The van der Waals surface area contributed by atoms with E-state index < -0.39 is 0 Å². The Balaban J connectivity index is 2.15. The molecule has 2 atom stereocenters. The van der Waals surface area contributed by atoms with Crippen molar-refractivity contribution in [3.63, 3.8) is 0 Å². The van der Waals surface area contributed by atoms with E-state index in [1.54, 1.807) is 0 Å². The summed E-state index contributed by atoms with van der Waals surface area (Å²) >= 11 is 5.95. The van der Waals surface area contributed by atoms with Gasteiger partial charge in [-0.25, -0.2) is 0 Å². The fourth-order valence-corrected chi connectivity index (χ4v) is 1.30. The van der Waals surface area contributed by atoms with E-state index in [0.717, 1.165) is 13.2 Å². The predicted molar refractivity (Wildman–Crippen MR) is 47.1 cm³/mol. The number of alkyl halides is 1. The number of hydrogen-bond acceptors (Lipinski definition) is 2. The highest BCUT2D eigenvalue weighted by atomic mass is 35.5. The van der Waals surface area contributed by atoms with Crippen molar-refractivity contribution in [3.05, 3.63) is 12.2 Å². The van der Waals surface area contributed by atoms with Gasteiger partial charge in [-0.2, -0.15) is 0 Å². The van der Waals surface area contributed by atoms with Gasteiger partial charge in [0.15, 0.2) is 0 Å². The molecule has 2 unspecified atom stereocenters. The second-order valence-corrected chi connectivity index (χ2v) is 3.20. The molecule has 0 amide bonds. The molecule has 11 heavy (non-hydrogen) atoms. The first-order chi connectivity index (χ1) is 5.34. The van der Waals surface area contributed by atoms with Gasteiger partial charge in [-0.15, -0.1) is 11.6 Å². The van der Waals surface area contributed by atoms with E-state index in [4.69, 9.17) is 16.3 Å². The van der Waals surface area contributed by atoms with Crippen molar-refractivity contribution in [1.82, 2.24) is 5.32 Å². The lowest BCUT2D eigenvalue weighted by Crippen LogP contribution is -2.36. The topological polar surface area (TPSA) is 21.3 Å². The van der Waals surface area contributed by atoms with Gasteiger partial charge >= 0.3 is 0 Å². The largest absolute Gasteiger partial charge is 0.378 e. The van der Waals surface area contributed by atoms with Crippen molar-refractivity contribution in [2.24, 2.45) is 0 Å². The highest BCUT2D eigenvalue weighted by Crippen LogP contribution is 2.11. The lowest BCUT2D eigenvalue weighted by Gasteiger charge is -2.11. The van der Waals surface area contributed by atoms with Crippen LogP contribution in [0.25, 0.3) is 0 Å². The molecule has 2 nitrogen and oxygen atoms in total. The summed E-state index contributed by atoms with van der Waals surface area (Å²) in [5.74, 6) is 0. The molecule has 1 fully saturated rings. The quantitative estimate of drug-likeness (QED) is 0.514. The van der Waals surface area contributed by atoms with Crippen molar-refractivity contribution in [2.45, 2.75) is 18.3 Å². The molecule has 0 aromatic heterocycles. The third kappa shape index (κ3) is 2.81. The normalized spacial score (nSPS) is 31.8. The van der Waals surface area contributed by atoms with Crippen LogP contribution < -0.4 is 5.32 Å². The number of nitrogens with one attached hydrogen (secondary N) is 1. The van der Waals surface area contributed by atoms with E-state index >= 15 is 0 Å². The molecule has 0 saturated carbocycles. The summed E-state index contributed by atoms with van der Waals surface area (Å²) in [7, 11) is 0. The number of rotatable bonds is 3. The molecular weight excluding hydrogens is 162 g/mol. The highest BCUT2D eigenvalue weighted by molar-refractivity contribution is 6.21. The summed E-state index contributed by atoms with van der Waals surface area (Å²) < 4.78 is 5.18. The van der Waals surface area contributed by atoms with Crippen molar-refractivity contribution >= 4 is 11.6 Å². The van der Waals surface area contributed by atoms with E-state index in [1.807, 2.05) is 13.0 Å². The van der Waals surface area contributed by atoms with Crippen molar-refractivity contribution in [3.8, 4) is 0 Å². The monoisotopic (exact) mass is 175 g/mol. The van der Waals surface area contributed by atoms with Crippen LogP contribution in [0.2, 0.25) is 0 Å². The molecule has 0 aliphatic carbocycles. The Bertz CT molecular complexity index is 138. The Morgan fingerprint density at radius 2 is 2.45 bits per heavy atom. The van der Waals surface area contributed by atoms with Crippen LogP contribution in [0.3, 0.4) is 0 Å². The van der Waals surface area contributed by atoms with Crippen LogP contribution in [0, 0.1) is 0 Å². The molecular formula is C8H14ClNO. The van der Waals surface area contributed by atoms with Crippen molar-refractivity contribution in [1.29, 1.82) is 0 Å². The average Bonchev–Trinajstić information content (AvgIpc) is 2.37. The van der Waals surface area contributed by atoms with Gasteiger partial charge in [0.1, 0.15) is 0 Å². The fourth-order valence-electron chi connectivity index (χ4n) is 1.05. The highest BCUT2D eigenvalue weighted by Gasteiger charge is 2.24. The van der Waals surface area contributed by atoms with E-state index in [2.05, 4.69) is 11.4 Å². The van der Waals surface area contributed by atoms with Crippen molar-refractivity contribution < 1.29 is 4.74 Å². The molecule has 1 rings (SSSR count). The first-order valence-corrected chi connectivity index (χ1v) is 4.34. The molecule has 0 radical (unpaired) electrons. The van der Waals surface area contributed by atoms with E-state index in [9.17, 15) is 0 Å². The molecule has 0 aromatic rings. The summed E-state index contributed by atoms with van der Waals surface area (Å²) in [4.78, 5) is 0. The zero-order chi connectivity index (χ0) is 8.10. The second-order valence-electron chi connectivity index (χ2n) is 2.64. The maximum atomic E-state index is 5.95. The fraction of sp³-hybridized carbons (Fsp3) is 0.750. The van der Waals surface area contributed by atoms with Crippen LogP contribution in [-0.4, -0.2) is 31.2 Å². The van der Waals surface area contributed by atoms with Crippen LogP contribution >= 0.6 is 11.6 Å². The molecule has 1 aliphatic rings. The zero-order valence-corrected chi connectivity index (χ0v) is 7.47. The number of hydrogen-bond donors (Lipinski definition) is 1. The van der Waals surface area contributed by atoms with Gasteiger partial charge in [0, 0.05) is 12.6 Å². The SMILES string of the molecule is C/C=C/CNC1COCC1Cl. The van der Waals surface area contributed by atoms with Crippen LogP contribution in [0.1, 0.15) is 6.92 Å². The number of allylic oxidation sites excluding steroid dienone is 1. The minimum Gasteiger partial charge on any atom is -0.378 e. The number of halogens is 1. The minimum atomic E-state index is 0.139. The summed E-state index contributed by atoms with van der Waals surface area (Å²) in [5.41, 5.74) is 0. The first kappa shape index (κ1) is 9.04. The minimum absolute atomic E-state index is 0.139. The zero-order valence-electron chi connectivity index (χ0n) is 6.72. The molecule has 3 heteroatoms. The standard InChI is InChI=1S/C8H14ClNO/c1-2-3-4-10-8-6-11-5-7(8)9/h2-3,7-8,10H,4-6H2,1H3/b3-2+. The summed E-state index contributed by atoms with van der Waals surface area (Å²) in [6, 6.07) is 0.327. The molecule has 1 N–H and O–H groups in total. The molecule has 0 bridgehead atoms. The van der Waals surface area contributed by atoms with E-state index in [1.165, 1.54) is 0 Å². The van der Waals surface area contributed by atoms with E-state index in [-0.39, 0.29) is 5.38 Å². The van der Waals surface area contributed by atoms with Gasteiger partial charge in [0.2, 0.25) is 0 Å². The predicted octanol–water partition coefficient (Wildman–Crippen LogP) is 1.16. The molecule has 1 aliphatic heterocycles. The molecule has 64 valence electrons. The first-order valence-electron chi connectivity index (χ1n) is 3.91. The lowest BCUT2D eigenvalue weighted by molar-refractivity contribution is 0.191. The van der Waals surface area contributed by atoms with Crippen LogP contribution in [-0.2, 0) is 4.74 Å². The molecule has 1 heterocycles.